The molecule has 0 saturated carbocycles. The topological polar surface area (TPSA) is 0 Å². The Morgan fingerprint density at radius 3 is 1.84 bits per heavy atom. The van der Waals surface area contributed by atoms with E-state index in [0.29, 0.717) is 0 Å². The SMILES string of the molecule is CCC[CH2][Sn](/[CH]=C/CCSc1ccc(C)cc1)([CH2]CCC)[CH2]CCC. The molecule has 0 aliphatic rings. The van der Waals surface area contributed by atoms with Crippen LogP contribution in [0.3, 0.4) is 0 Å². The molecule has 0 saturated heterocycles. The van der Waals surface area contributed by atoms with E-state index in [4.69, 9.17) is 0 Å². The van der Waals surface area contributed by atoms with Gasteiger partial charge >= 0.3 is 167 Å². The van der Waals surface area contributed by atoms with Gasteiger partial charge in [-0.25, -0.2) is 0 Å². The number of rotatable bonds is 14. The van der Waals surface area contributed by atoms with E-state index in [1.165, 1.54) is 61.2 Å². The molecule has 1 rings (SSSR count). The summed E-state index contributed by atoms with van der Waals surface area (Å²) in [6.45, 7) is 9.24. The third-order valence-corrected chi connectivity index (χ3v) is 20.4. The molecule has 0 aromatic heterocycles. The summed E-state index contributed by atoms with van der Waals surface area (Å²) in [7, 11) is 0. The van der Waals surface area contributed by atoms with Crippen molar-refractivity contribution in [1.29, 1.82) is 0 Å². The molecule has 0 bridgehead atoms. The number of unbranched alkanes of at least 4 members (excludes halogenated alkanes) is 3. The third kappa shape index (κ3) is 10.1. The van der Waals surface area contributed by atoms with E-state index in [0.717, 1.165) is 0 Å². The van der Waals surface area contributed by atoms with Gasteiger partial charge in [0.25, 0.3) is 0 Å². The van der Waals surface area contributed by atoms with Crippen molar-refractivity contribution >= 4 is 30.1 Å². The van der Waals surface area contributed by atoms with Crippen molar-refractivity contribution in [3.8, 4) is 0 Å². The van der Waals surface area contributed by atoms with Crippen molar-refractivity contribution in [1.82, 2.24) is 0 Å². The Balaban J connectivity index is 2.56. The standard InChI is InChI=1S/C11H13S.3C4H9.Sn/c1-3-4-9-12-11-7-5-10(2)6-8-11;3*1-3-4-2;/h1,3,5-8H,4,9H2,2H3;3*1,3-4H2,2H3;. The zero-order valence-corrected chi connectivity index (χ0v) is 20.8. The molecule has 0 nitrogen and oxygen atoms in total. The summed E-state index contributed by atoms with van der Waals surface area (Å²) < 4.78 is 7.59. The minimum atomic E-state index is -2.03. The van der Waals surface area contributed by atoms with Crippen LogP contribution in [0.4, 0.5) is 0 Å². The maximum atomic E-state index is 2.82. The molecule has 25 heavy (non-hydrogen) atoms. The van der Waals surface area contributed by atoms with E-state index < -0.39 is 18.4 Å². The molecule has 0 aliphatic heterocycles. The van der Waals surface area contributed by atoms with E-state index in [1.54, 1.807) is 13.3 Å². The molecular weight excluding hydrogens is 427 g/mol. The first-order chi connectivity index (χ1) is 12.2. The van der Waals surface area contributed by atoms with Gasteiger partial charge in [0, 0.05) is 0 Å². The number of benzene rings is 1. The van der Waals surface area contributed by atoms with E-state index in [9.17, 15) is 0 Å². The predicted octanol–water partition coefficient (Wildman–Crippen LogP) is 8.42. The monoisotopic (exact) mass is 468 g/mol. The molecule has 0 atom stereocenters. The molecule has 2 heteroatoms. The average Bonchev–Trinajstić information content (AvgIpc) is 2.63. The summed E-state index contributed by atoms with van der Waals surface area (Å²) in [5.74, 6) is 1.22. The van der Waals surface area contributed by atoms with Gasteiger partial charge < -0.3 is 0 Å². The van der Waals surface area contributed by atoms with Crippen LogP contribution < -0.4 is 0 Å². The van der Waals surface area contributed by atoms with Gasteiger partial charge in [0.2, 0.25) is 0 Å². The van der Waals surface area contributed by atoms with Crippen LogP contribution in [0.15, 0.2) is 39.3 Å². The zero-order chi connectivity index (χ0) is 18.4. The van der Waals surface area contributed by atoms with Crippen molar-refractivity contribution in [2.24, 2.45) is 0 Å². The first-order valence-electron chi connectivity index (χ1n) is 10.5. The second-order valence-electron chi connectivity index (χ2n) is 7.53. The van der Waals surface area contributed by atoms with Crippen molar-refractivity contribution in [3.05, 3.63) is 40.0 Å². The summed E-state index contributed by atoms with van der Waals surface area (Å²) in [5.41, 5.74) is 1.35. The van der Waals surface area contributed by atoms with E-state index in [2.05, 4.69) is 62.1 Å². The molecule has 0 spiro atoms. The average molecular weight is 467 g/mol. The van der Waals surface area contributed by atoms with Crippen molar-refractivity contribution in [2.45, 2.75) is 90.8 Å². The van der Waals surface area contributed by atoms with Gasteiger partial charge in [0.05, 0.1) is 0 Å². The molecule has 0 amide bonds. The summed E-state index contributed by atoms with van der Waals surface area (Å²) in [6, 6.07) is 8.97. The summed E-state index contributed by atoms with van der Waals surface area (Å²) in [6.07, 6.45) is 12.3. The predicted molar refractivity (Wildman–Crippen MR) is 121 cm³/mol. The summed E-state index contributed by atoms with van der Waals surface area (Å²) in [4.78, 5) is 1.41. The fraction of sp³-hybridized carbons (Fsp3) is 0.652. The van der Waals surface area contributed by atoms with Gasteiger partial charge in [0.1, 0.15) is 0 Å². The van der Waals surface area contributed by atoms with Crippen LogP contribution in [-0.4, -0.2) is 24.1 Å². The van der Waals surface area contributed by atoms with Crippen molar-refractivity contribution in [2.75, 3.05) is 5.75 Å². The Morgan fingerprint density at radius 2 is 1.36 bits per heavy atom. The van der Waals surface area contributed by atoms with Crippen LogP contribution in [0.1, 0.15) is 71.3 Å². The molecule has 1 aromatic carbocycles. The summed E-state index contributed by atoms with van der Waals surface area (Å²) in [5, 5.41) is 0. The quantitative estimate of drug-likeness (QED) is 0.150. The van der Waals surface area contributed by atoms with Crippen LogP contribution in [0.25, 0.3) is 0 Å². The Kier molecular flexibility index (Phi) is 13.1. The van der Waals surface area contributed by atoms with E-state index in [1.807, 2.05) is 11.8 Å². The molecule has 1 aromatic rings. The number of hydrogen-bond acceptors (Lipinski definition) is 1. The van der Waals surface area contributed by atoms with E-state index in [-0.39, 0.29) is 0 Å². The number of hydrogen-bond donors (Lipinski definition) is 0. The molecule has 0 radical (unpaired) electrons. The van der Waals surface area contributed by atoms with Gasteiger partial charge in [-0.3, -0.25) is 0 Å². The maximum absolute atomic E-state index is 2.82. The van der Waals surface area contributed by atoms with Crippen LogP contribution >= 0.6 is 11.8 Å². The molecule has 0 heterocycles. The number of thioether (sulfide) groups is 1. The molecule has 0 fully saturated rings. The Morgan fingerprint density at radius 1 is 0.840 bits per heavy atom. The Labute approximate surface area is 166 Å². The molecular formula is C23H40SSn. The zero-order valence-electron chi connectivity index (χ0n) is 17.2. The fourth-order valence-corrected chi connectivity index (χ4v) is 18.8. The van der Waals surface area contributed by atoms with Crippen molar-refractivity contribution < 1.29 is 0 Å². The first kappa shape index (κ1) is 23.1. The normalized spacial score (nSPS) is 12.2. The Hall–Kier alpha value is 0.109. The van der Waals surface area contributed by atoms with Crippen molar-refractivity contribution in [3.63, 3.8) is 0 Å². The molecule has 142 valence electrons. The second kappa shape index (κ2) is 14.2. The van der Waals surface area contributed by atoms with Crippen LogP contribution in [0.5, 0.6) is 0 Å². The number of aryl methyl sites for hydroxylation is 1. The summed E-state index contributed by atoms with van der Waals surface area (Å²) >= 11 is -0.0264. The third-order valence-electron chi connectivity index (χ3n) is 5.13. The Bertz CT molecular complexity index is 442. The fourth-order valence-electron chi connectivity index (χ4n) is 3.42. The van der Waals surface area contributed by atoms with Crippen LogP contribution in [-0.2, 0) is 0 Å². The van der Waals surface area contributed by atoms with Gasteiger partial charge in [-0.2, -0.15) is 0 Å². The first-order valence-corrected chi connectivity index (χ1v) is 19.2. The van der Waals surface area contributed by atoms with Crippen LogP contribution in [0.2, 0.25) is 13.3 Å². The van der Waals surface area contributed by atoms with E-state index >= 15 is 0 Å². The second-order valence-corrected chi connectivity index (χ2v) is 21.7. The van der Waals surface area contributed by atoms with Gasteiger partial charge in [-0.05, 0) is 0 Å². The van der Waals surface area contributed by atoms with Crippen LogP contribution in [0, 0.1) is 6.92 Å². The van der Waals surface area contributed by atoms with Gasteiger partial charge in [-0.15, -0.1) is 0 Å². The minimum absolute atomic E-state index is 1.22. The molecule has 0 N–H and O–H groups in total. The van der Waals surface area contributed by atoms with Gasteiger partial charge in [0.15, 0.2) is 0 Å². The molecule has 0 aliphatic carbocycles. The molecule has 0 unspecified atom stereocenters. The van der Waals surface area contributed by atoms with Gasteiger partial charge in [-0.1, -0.05) is 0 Å². The number of allylic oxidation sites excluding steroid dienone is 1.